The third-order valence-corrected chi connectivity index (χ3v) is 1.26. The summed E-state index contributed by atoms with van der Waals surface area (Å²) in [5.41, 5.74) is 0.620. The van der Waals surface area contributed by atoms with Gasteiger partial charge in [0.1, 0.15) is 5.75 Å². The molecule has 0 aliphatic rings. The maximum absolute atomic E-state index is 11.7. The first-order valence-corrected chi connectivity index (χ1v) is 3.41. The van der Waals surface area contributed by atoms with Crippen molar-refractivity contribution in [1.82, 2.24) is 0 Å². The lowest BCUT2D eigenvalue weighted by atomic mass is 10.2. The van der Waals surface area contributed by atoms with Gasteiger partial charge < -0.3 is 4.74 Å². The summed E-state index contributed by atoms with van der Waals surface area (Å²) in [6.45, 7) is 3.44. The van der Waals surface area contributed by atoms with Crippen molar-refractivity contribution in [2.24, 2.45) is 0 Å². The average molecular weight is 187 g/mol. The van der Waals surface area contributed by atoms with Crippen molar-refractivity contribution in [1.29, 1.82) is 0 Å². The summed E-state index contributed by atoms with van der Waals surface area (Å²) in [6, 6.07) is 6.33. The van der Waals surface area contributed by atoms with E-state index in [1.165, 1.54) is 18.2 Å². The van der Waals surface area contributed by atoms with Crippen molar-refractivity contribution in [3.63, 3.8) is 0 Å². The molecule has 0 fully saturated rings. The zero-order valence-corrected chi connectivity index (χ0v) is 6.56. The normalized spacial score (nSPS) is 11.0. The van der Waals surface area contributed by atoms with Gasteiger partial charge in [0.25, 0.3) is 0 Å². The maximum atomic E-state index is 11.7. The summed E-state index contributed by atoms with van der Waals surface area (Å²) in [6.07, 6.45) is -3.17. The van der Waals surface area contributed by atoms with Crippen molar-refractivity contribution in [2.45, 2.75) is 6.36 Å². The summed E-state index contributed by atoms with van der Waals surface area (Å²) in [7, 11) is 0. The Kier molecular flexibility index (Phi) is 2.60. The number of ether oxygens (including phenoxy) is 1. The van der Waals surface area contributed by atoms with E-state index in [2.05, 4.69) is 17.4 Å². The first kappa shape index (κ1) is 9.64. The lowest BCUT2D eigenvalue weighted by molar-refractivity contribution is -0.274. The fraction of sp³-hybridized carbons (Fsp3) is 0.111. The highest BCUT2D eigenvalue weighted by atomic mass is 19.4. The second-order valence-electron chi connectivity index (χ2n) is 2.23. The fourth-order valence-electron chi connectivity index (χ4n) is 0.747. The average Bonchev–Trinajstić information content (AvgIpc) is 2.03. The molecule has 1 rings (SSSR count). The van der Waals surface area contributed by atoms with Crippen LogP contribution in [0.2, 0.25) is 0 Å². The third-order valence-electron chi connectivity index (χ3n) is 1.26. The Bertz CT molecular complexity index is 287. The predicted molar refractivity (Wildman–Crippen MR) is 42.1 cm³/mol. The van der Waals surface area contributed by atoms with Crippen molar-refractivity contribution in [3.05, 3.63) is 36.4 Å². The molecule has 1 aromatic carbocycles. The van der Waals surface area contributed by atoms with E-state index in [0.29, 0.717) is 5.56 Å². The minimum absolute atomic E-state index is 0.280. The molecule has 1 radical (unpaired) electrons. The lowest BCUT2D eigenvalue weighted by Gasteiger charge is -2.07. The molecule has 0 heterocycles. The van der Waals surface area contributed by atoms with Gasteiger partial charge in [-0.1, -0.05) is 18.7 Å². The van der Waals surface area contributed by atoms with Crippen LogP contribution in [0.15, 0.2) is 24.8 Å². The Balaban J connectivity index is 2.75. The topological polar surface area (TPSA) is 9.23 Å². The quantitative estimate of drug-likeness (QED) is 0.691. The van der Waals surface area contributed by atoms with E-state index in [9.17, 15) is 13.2 Å². The molecule has 0 spiro atoms. The highest BCUT2D eigenvalue weighted by Crippen LogP contribution is 2.22. The zero-order chi connectivity index (χ0) is 9.90. The van der Waals surface area contributed by atoms with E-state index in [1.54, 1.807) is 0 Å². The summed E-state index contributed by atoms with van der Waals surface area (Å²) in [4.78, 5) is 0. The van der Waals surface area contributed by atoms with Crippen LogP contribution >= 0.6 is 0 Å². The first-order valence-electron chi connectivity index (χ1n) is 3.41. The van der Waals surface area contributed by atoms with E-state index < -0.39 is 6.36 Å². The van der Waals surface area contributed by atoms with Crippen LogP contribution in [0.1, 0.15) is 5.56 Å². The number of benzene rings is 1. The molecule has 1 nitrogen and oxygen atoms in total. The van der Waals surface area contributed by atoms with E-state index in [0.717, 1.165) is 6.07 Å². The van der Waals surface area contributed by atoms with Crippen LogP contribution in [0.5, 0.6) is 5.75 Å². The standard InChI is InChI=1S/C9H6F3O/c1-2-7-3-5-8(6-4-7)13-9(10,11)12/h2-3,5-6H,1H2. The molecule has 69 valence electrons. The van der Waals surface area contributed by atoms with Crippen molar-refractivity contribution >= 4 is 6.08 Å². The SMILES string of the molecule is C=Cc1[c]cc(OC(F)(F)F)cc1. The molecule has 4 heteroatoms. The zero-order valence-electron chi connectivity index (χ0n) is 6.56. The molecule has 0 saturated heterocycles. The molecule has 13 heavy (non-hydrogen) atoms. The van der Waals surface area contributed by atoms with Crippen molar-refractivity contribution in [2.75, 3.05) is 0 Å². The number of hydrogen-bond donors (Lipinski definition) is 0. The van der Waals surface area contributed by atoms with Crippen LogP contribution < -0.4 is 4.74 Å². The Hall–Kier alpha value is -1.45. The van der Waals surface area contributed by atoms with E-state index in [4.69, 9.17) is 0 Å². The van der Waals surface area contributed by atoms with Gasteiger partial charge in [0, 0.05) is 0 Å². The number of hydrogen-bond acceptors (Lipinski definition) is 1. The monoisotopic (exact) mass is 187 g/mol. The van der Waals surface area contributed by atoms with Crippen LogP contribution in [0.3, 0.4) is 0 Å². The van der Waals surface area contributed by atoms with Crippen LogP contribution in [-0.4, -0.2) is 6.36 Å². The van der Waals surface area contributed by atoms with Gasteiger partial charge in [-0.25, -0.2) is 0 Å². The van der Waals surface area contributed by atoms with Crippen LogP contribution in [0, 0.1) is 6.07 Å². The molecule has 0 aliphatic heterocycles. The van der Waals surface area contributed by atoms with Crippen LogP contribution in [0.4, 0.5) is 13.2 Å². The van der Waals surface area contributed by atoms with Gasteiger partial charge in [-0.15, -0.1) is 13.2 Å². The predicted octanol–water partition coefficient (Wildman–Crippen LogP) is 3.03. The molecule has 0 N–H and O–H groups in total. The highest BCUT2D eigenvalue weighted by molar-refractivity contribution is 5.47. The molecule has 0 amide bonds. The minimum Gasteiger partial charge on any atom is -0.406 e. The van der Waals surface area contributed by atoms with Crippen LogP contribution in [-0.2, 0) is 0 Å². The number of rotatable bonds is 2. The Morgan fingerprint density at radius 2 is 2.08 bits per heavy atom. The molecular formula is C9H6F3O. The Morgan fingerprint density at radius 3 is 2.46 bits per heavy atom. The molecule has 0 unspecified atom stereocenters. The van der Waals surface area contributed by atoms with Gasteiger partial charge in [-0.2, -0.15) is 0 Å². The van der Waals surface area contributed by atoms with Crippen molar-refractivity contribution < 1.29 is 17.9 Å². The summed E-state index contributed by atoms with van der Waals surface area (Å²) >= 11 is 0. The smallest absolute Gasteiger partial charge is 0.406 e. The van der Waals surface area contributed by atoms with E-state index in [1.807, 2.05) is 0 Å². The number of alkyl halides is 3. The Morgan fingerprint density at radius 1 is 1.38 bits per heavy atom. The highest BCUT2D eigenvalue weighted by Gasteiger charge is 2.30. The molecule has 0 aromatic heterocycles. The number of halogens is 3. The third kappa shape index (κ3) is 3.19. The van der Waals surface area contributed by atoms with Gasteiger partial charge in [0.05, 0.1) is 0 Å². The molecule has 0 saturated carbocycles. The van der Waals surface area contributed by atoms with Crippen molar-refractivity contribution in [3.8, 4) is 5.75 Å². The second-order valence-corrected chi connectivity index (χ2v) is 2.23. The van der Waals surface area contributed by atoms with E-state index >= 15 is 0 Å². The second kappa shape index (κ2) is 3.51. The van der Waals surface area contributed by atoms with Gasteiger partial charge >= 0.3 is 6.36 Å². The maximum Gasteiger partial charge on any atom is 0.573 e. The van der Waals surface area contributed by atoms with E-state index in [-0.39, 0.29) is 5.75 Å². The lowest BCUT2D eigenvalue weighted by Crippen LogP contribution is -2.16. The summed E-state index contributed by atoms with van der Waals surface area (Å²) in [5.74, 6) is -0.280. The molecule has 0 aliphatic carbocycles. The molecule has 0 bridgehead atoms. The summed E-state index contributed by atoms with van der Waals surface area (Å²) < 4.78 is 38.6. The van der Waals surface area contributed by atoms with Gasteiger partial charge in [0.15, 0.2) is 0 Å². The largest absolute Gasteiger partial charge is 0.573 e. The molecular weight excluding hydrogens is 181 g/mol. The van der Waals surface area contributed by atoms with Gasteiger partial charge in [-0.3, -0.25) is 0 Å². The van der Waals surface area contributed by atoms with Gasteiger partial charge in [-0.05, 0) is 23.8 Å². The molecule has 1 aromatic rings. The first-order chi connectivity index (χ1) is 6.01. The Labute approximate surface area is 73.4 Å². The minimum atomic E-state index is -4.65. The van der Waals surface area contributed by atoms with Gasteiger partial charge in [0.2, 0.25) is 0 Å². The molecule has 0 atom stereocenters. The summed E-state index contributed by atoms with van der Waals surface area (Å²) in [5, 5.41) is 0. The fourth-order valence-corrected chi connectivity index (χ4v) is 0.747. The van der Waals surface area contributed by atoms with Crippen LogP contribution in [0.25, 0.3) is 6.08 Å².